The first-order valence-corrected chi connectivity index (χ1v) is 7.78. The van der Waals surface area contributed by atoms with Gasteiger partial charge in [0.05, 0.1) is 12.8 Å². The van der Waals surface area contributed by atoms with Crippen LogP contribution in [0.3, 0.4) is 0 Å². The Hall–Kier alpha value is -1.76. The van der Waals surface area contributed by atoms with Crippen molar-refractivity contribution in [1.82, 2.24) is 0 Å². The van der Waals surface area contributed by atoms with E-state index < -0.39 is 15.9 Å². The summed E-state index contributed by atoms with van der Waals surface area (Å²) in [6, 6.07) is 3.10. The molecule has 0 aliphatic carbocycles. The van der Waals surface area contributed by atoms with Crippen LogP contribution in [0.5, 0.6) is 5.75 Å². The van der Waals surface area contributed by atoms with Crippen LogP contribution in [0.1, 0.15) is 26.3 Å². The predicted octanol–water partition coefficient (Wildman–Crippen LogP) is 2.49. The van der Waals surface area contributed by atoms with E-state index in [1.165, 1.54) is 13.2 Å². The average Bonchev–Trinajstić information content (AvgIpc) is 2.24. The van der Waals surface area contributed by atoms with Gasteiger partial charge in [0.15, 0.2) is 15.6 Å². The SMILES string of the molecule is COc1c(NC(=O)O)cc(C(C)(C)C)cc1S(C)(=O)=O. The van der Waals surface area contributed by atoms with Crippen molar-refractivity contribution in [2.45, 2.75) is 31.1 Å². The molecule has 20 heavy (non-hydrogen) atoms. The normalized spacial score (nSPS) is 12.1. The van der Waals surface area contributed by atoms with Crippen LogP contribution in [0.4, 0.5) is 10.5 Å². The fraction of sp³-hybridized carbons (Fsp3) is 0.462. The first kappa shape index (κ1) is 16.3. The van der Waals surface area contributed by atoms with Crippen molar-refractivity contribution in [3.8, 4) is 5.75 Å². The van der Waals surface area contributed by atoms with Crippen LogP contribution in [0.15, 0.2) is 17.0 Å². The van der Waals surface area contributed by atoms with Gasteiger partial charge in [-0.2, -0.15) is 0 Å². The van der Waals surface area contributed by atoms with Gasteiger partial charge in [-0.1, -0.05) is 20.8 Å². The number of hydrogen-bond acceptors (Lipinski definition) is 4. The number of carbonyl (C=O) groups is 1. The molecule has 0 fully saturated rings. The summed E-state index contributed by atoms with van der Waals surface area (Å²) < 4.78 is 28.8. The number of carboxylic acid groups (broad SMARTS) is 1. The van der Waals surface area contributed by atoms with E-state index in [0.717, 1.165) is 6.26 Å². The molecule has 0 spiro atoms. The molecule has 0 heterocycles. The summed E-state index contributed by atoms with van der Waals surface area (Å²) in [7, 11) is -2.25. The molecule has 1 aromatic rings. The van der Waals surface area contributed by atoms with Crippen molar-refractivity contribution in [3.05, 3.63) is 17.7 Å². The molecule has 0 saturated heterocycles. The maximum absolute atomic E-state index is 11.9. The maximum Gasteiger partial charge on any atom is 0.409 e. The Morgan fingerprint density at radius 3 is 2.20 bits per heavy atom. The van der Waals surface area contributed by atoms with E-state index >= 15 is 0 Å². The number of sulfone groups is 1. The van der Waals surface area contributed by atoms with E-state index in [1.807, 2.05) is 20.8 Å². The summed E-state index contributed by atoms with van der Waals surface area (Å²) in [6.07, 6.45) is -0.226. The zero-order chi connectivity index (χ0) is 15.7. The highest BCUT2D eigenvalue weighted by Gasteiger charge is 2.24. The van der Waals surface area contributed by atoms with Gasteiger partial charge >= 0.3 is 6.09 Å². The summed E-state index contributed by atoms with van der Waals surface area (Å²) in [5, 5.41) is 11.0. The predicted molar refractivity (Wildman–Crippen MR) is 76.5 cm³/mol. The second-order valence-electron chi connectivity index (χ2n) is 5.51. The second-order valence-corrected chi connectivity index (χ2v) is 7.49. The van der Waals surface area contributed by atoms with Gasteiger partial charge in [0.2, 0.25) is 0 Å². The molecule has 0 saturated carbocycles. The number of nitrogens with one attached hydrogen (secondary N) is 1. The summed E-state index contributed by atoms with van der Waals surface area (Å²) in [5.41, 5.74) is 0.482. The largest absolute Gasteiger partial charge is 0.493 e. The van der Waals surface area contributed by atoms with Gasteiger partial charge < -0.3 is 9.84 Å². The quantitative estimate of drug-likeness (QED) is 0.894. The van der Waals surface area contributed by atoms with Crippen LogP contribution >= 0.6 is 0 Å². The van der Waals surface area contributed by atoms with Gasteiger partial charge in [0.1, 0.15) is 4.90 Å². The molecule has 0 bridgehead atoms. The van der Waals surface area contributed by atoms with E-state index in [1.54, 1.807) is 6.07 Å². The van der Waals surface area contributed by atoms with E-state index in [0.29, 0.717) is 5.56 Å². The molecular weight excluding hydrogens is 282 g/mol. The fourth-order valence-corrected chi connectivity index (χ4v) is 2.60. The minimum atomic E-state index is -3.54. The van der Waals surface area contributed by atoms with Crippen LogP contribution < -0.4 is 10.1 Å². The fourth-order valence-electron chi connectivity index (χ4n) is 1.73. The number of rotatable bonds is 3. The molecule has 1 aromatic carbocycles. The summed E-state index contributed by atoms with van der Waals surface area (Å²) in [6.45, 7) is 5.72. The molecule has 2 N–H and O–H groups in total. The molecule has 1 amide bonds. The lowest BCUT2D eigenvalue weighted by molar-refractivity contribution is 0.209. The molecule has 0 aliphatic rings. The van der Waals surface area contributed by atoms with Crippen molar-refractivity contribution in [2.75, 3.05) is 18.7 Å². The first-order valence-electron chi connectivity index (χ1n) is 5.89. The number of hydrogen-bond donors (Lipinski definition) is 2. The zero-order valence-corrected chi connectivity index (χ0v) is 13.0. The number of anilines is 1. The highest BCUT2D eigenvalue weighted by Crippen LogP contribution is 2.37. The van der Waals surface area contributed by atoms with Gasteiger partial charge in [-0.3, -0.25) is 5.32 Å². The summed E-state index contributed by atoms with van der Waals surface area (Å²) in [4.78, 5) is 10.8. The highest BCUT2D eigenvalue weighted by atomic mass is 32.2. The summed E-state index contributed by atoms with van der Waals surface area (Å²) in [5.74, 6) is 0.00269. The van der Waals surface area contributed by atoms with Crippen LogP contribution in [0.25, 0.3) is 0 Å². The molecule has 0 atom stereocenters. The monoisotopic (exact) mass is 301 g/mol. The zero-order valence-electron chi connectivity index (χ0n) is 12.1. The lowest BCUT2D eigenvalue weighted by Crippen LogP contribution is -2.16. The van der Waals surface area contributed by atoms with Crippen LogP contribution in [0.2, 0.25) is 0 Å². The lowest BCUT2D eigenvalue weighted by atomic mass is 9.86. The van der Waals surface area contributed by atoms with E-state index in [9.17, 15) is 13.2 Å². The minimum absolute atomic E-state index is 0.00269. The Labute approximate surface area is 118 Å². The Morgan fingerprint density at radius 2 is 1.85 bits per heavy atom. The number of ether oxygens (including phenoxy) is 1. The Bertz CT molecular complexity index is 629. The third-order valence-electron chi connectivity index (χ3n) is 2.77. The number of benzene rings is 1. The molecule has 0 aliphatic heterocycles. The molecule has 1 rings (SSSR count). The van der Waals surface area contributed by atoms with Crippen LogP contribution in [0, 0.1) is 0 Å². The highest BCUT2D eigenvalue weighted by molar-refractivity contribution is 7.90. The first-order chi connectivity index (χ1) is 8.96. The Morgan fingerprint density at radius 1 is 1.30 bits per heavy atom. The van der Waals surface area contributed by atoms with Crippen LogP contribution in [-0.4, -0.2) is 33.0 Å². The molecular formula is C13H19NO5S. The van der Waals surface area contributed by atoms with E-state index in [2.05, 4.69) is 5.32 Å². The number of methoxy groups -OCH3 is 1. The van der Waals surface area contributed by atoms with Crippen LogP contribution in [-0.2, 0) is 15.3 Å². The average molecular weight is 301 g/mol. The number of amides is 1. The van der Waals surface area contributed by atoms with Gasteiger partial charge in [-0.05, 0) is 23.1 Å². The third kappa shape index (κ3) is 3.63. The Balaban J connectivity index is 3.69. The van der Waals surface area contributed by atoms with Crippen molar-refractivity contribution in [3.63, 3.8) is 0 Å². The van der Waals surface area contributed by atoms with Gasteiger partial charge in [-0.25, -0.2) is 13.2 Å². The van der Waals surface area contributed by atoms with E-state index in [4.69, 9.17) is 9.84 Å². The molecule has 0 radical (unpaired) electrons. The molecule has 112 valence electrons. The molecule has 0 unspecified atom stereocenters. The smallest absolute Gasteiger partial charge is 0.409 e. The Kier molecular flexibility index (Phi) is 4.33. The van der Waals surface area contributed by atoms with Crippen molar-refractivity contribution < 1.29 is 23.1 Å². The molecule has 0 aromatic heterocycles. The third-order valence-corrected chi connectivity index (χ3v) is 3.87. The van der Waals surface area contributed by atoms with Gasteiger partial charge in [0, 0.05) is 6.26 Å². The van der Waals surface area contributed by atoms with E-state index in [-0.39, 0.29) is 21.7 Å². The second kappa shape index (κ2) is 5.32. The van der Waals surface area contributed by atoms with Gasteiger partial charge in [-0.15, -0.1) is 0 Å². The van der Waals surface area contributed by atoms with Crippen molar-refractivity contribution in [2.24, 2.45) is 0 Å². The van der Waals surface area contributed by atoms with Gasteiger partial charge in [0.25, 0.3) is 0 Å². The molecule has 7 heteroatoms. The maximum atomic E-state index is 11.9. The lowest BCUT2D eigenvalue weighted by Gasteiger charge is -2.22. The van der Waals surface area contributed by atoms with Crippen molar-refractivity contribution in [1.29, 1.82) is 0 Å². The topological polar surface area (TPSA) is 92.7 Å². The minimum Gasteiger partial charge on any atom is -0.493 e. The standard InChI is InChI=1S/C13H19NO5S/c1-13(2,3)8-6-9(14-12(15)16)11(19-4)10(7-8)20(5,17)18/h6-7,14H,1-5H3,(H,15,16). The molecule has 6 nitrogen and oxygen atoms in total. The summed E-state index contributed by atoms with van der Waals surface area (Å²) >= 11 is 0. The van der Waals surface area contributed by atoms with Crippen molar-refractivity contribution >= 4 is 21.6 Å².